The molecule has 21 heavy (non-hydrogen) atoms. The molecule has 3 nitrogen and oxygen atoms in total. The second-order valence-corrected chi connectivity index (χ2v) is 5.93. The van der Waals surface area contributed by atoms with Crippen LogP contribution in [0.4, 0.5) is 13.2 Å². The number of halogens is 4. The van der Waals surface area contributed by atoms with E-state index in [0.29, 0.717) is 17.7 Å². The maximum Gasteiger partial charge on any atom is 0.416 e. The smallest absolute Gasteiger partial charge is 0.317 e. The number of piperidine rings is 1. The lowest BCUT2D eigenvalue weighted by molar-refractivity contribution is -0.137. The molecular weight excluding hydrogens is 303 g/mol. The summed E-state index contributed by atoms with van der Waals surface area (Å²) < 4.78 is 37.9. The number of hydrogen-bond donors (Lipinski definition) is 1. The third-order valence-corrected chi connectivity index (χ3v) is 4.31. The van der Waals surface area contributed by atoms with E-state index in [4.69, 9.17) is 0 Å². The number of rotatable bonds is 2. The minimum absolute atomic E-state index is 0. The standard InChI is InChI=1S/C14H18F3N3.ClH/c15-14(16,17)11-1-4-19-12(7-11)8-20-9-13(10-20)2-5-18-6-3-13;/h1,4,7,18H,2-3,5-6,8-10H2;1H. The van der Waals surface area contributed by atoms with Gasteiger partial charge in [-0.15, -0.1) is 12.4 Å². The molecule has 2 fully saturated rings. The molecule has 7 heteroatoms. The van der Waals surface area contributed by atoms with Gasteiger partial charge in [0.15, 0.2) is 0 Å². The number of pyridine rings is 1. The molecule has 0 saturated carbocycles. The Balaban J connectivity index is 0.00000161. The molecule has 0 aliphatic carbocycles. The normalized spacial score (nSPS) is 21.7. The van der Waals surface area contributed by atoms with Gasteiger partial charge in [-0.25, -0.2) is 0 Å². The summed E-state index contributed by atoms with van der Waals surface area (Å²) in [6, 6.07) is 2.18. The van der Waals surface area contributed by atoms with Crippen molar-refractivity contribution in [3.05, 3.63) is 29.6 Å². The number of aromatic nitrogens is 1. The van der Waals surface area contributed by atoms with Crippen LogP contribution >= 0.6 is 12.4 Å². The van der Waals surface area contributed by atoms with E-state index in [1.165, 1.54) is 19.0 Å². The van der Waals surface area contributed by atoms with Gasteiger partial charge in [-0.05, 0) is 43.5 Å². The first kappa shape index (κ1) is 16.5. The van der Waals surface area contributed by atoms with Crippen LogP contribution in [0.5, 0.6) is 0 Å². The molecule has 1 spiro atoms. The first-order valence-electron chi connectivity index (χ1n) is 6.92. The molecule has 3 rings (SSSR count). The Bertz CT molecular complexity index is 479. The van der Waals surface area contributed by atoms with Crippen LogP contribution in [0.2, 0.25) is 0 Å². The second-order valence-electron chi connectivity index (χ2n) is 5.93. The summed E-state index contributed by atoms with van der Waals surface area (Å²) in [7, 11) is 0. The molecule has 0 atom stereocenters. The van der Waals surface area contributed by atoms with Crippen molar-refractivity contribution in [2.45, 2.75) is 25.6 Å². The maximum absolute atomic E-state index is 12.6. The van der Waals surface area contributed by atoms with Crippen LogP contribution in [-0.4, -0.2) is 36.1 Å². The highest BCUT2D eigenvalue weighted by atomic mass is 35.5. The SMILES string of the molecule is Cl.FC(F)(F)c1ccnc(CN2CC3(CCNCC3)C2)c1. The minimum Gasteiger partial charge on any atom is -0.317 e. The molecule has 0 amide bonds. The van der Waals surface area contributed by atoms with Gasteiger partial charge in [-0.2, -0.15) is 13.2 Å². The predicted octanol–water partition coefficient (Wildman–Crippen LogP) is 2.71. The maximum atomic E-state index is 12.6. The van der Waals surface area contributed by atoms with Gasteiger partial charge < -0.3 is 5.32 Å². The molecule has 0 radical (unpaired) electrons. The first-order chi connectivity index (χ1) is 9.47. The number of hydrogen-bond acceptors (Lipinski definition) is 3. The van der Waals surface area contributed by atoms with Gasteiger partial charge in [0.25, 0.3) is 0 Å². The summed E-state index contributed by atoms with van der Waals surface area (Å²) in [6.45, 7) is 4.57. The molecule has 3 heterocycles. The molecule has 0 unspecified atom stereocenters. The Labute approximate surface area is 128 Å². The van der Waals surface area contributed by atoms with Gasteiger partial charge in [0.2, 0.25) is 0 Å². The highest BCUT2D eigenvalue weighted by Gasteiger charge is 2.43. The van der Waals surface area contributed by atoms with Crippen molar-refractivity contribution in [3.8, 4) is 0 Å². The Morgan fingerprint density at radius 1 is 1.24 bits per heavy atom. The zero-order valence-electron chi connectivity index (χ0n) is 11.6. The summed E-state index contributed by atoms with van der Waals surface area (Å²) in [5, 5.41) is 3.34. The highest BCUT2D eigenvalue weighted by Crippen LogP contribution is 2.39. The van der Waals surface area contributed by atoms with Crippen LogP contribution in [0.25, 0.3) is 0 Å². The molecule has 2 aliphatic rings. The molecule has 0 aromatic carbocycles. The van der Waals surface area contributed by atoms with Crippen molar-refractivity contribution >= 4 is 12.4 Å². The Morgan fingerprint density at radius 2 is 1.90 bits per heavy atom. The number of likely N-dealkylation sites (tertiary alicyclic amines) is 1. The topological polar surface area (TPSA) is 28.2 Å². The average molecular weight is 322 g/mol. The highest BCUT2D eigenvalue weighted by molar-refractivity contribution is 5.85. The van der Waals surface area contributed by atoms with Crippen LogP contribution in [0, 0.1) is 5.41 Å². The summed E-state index contributed by atoms with van der Waals surface area (Å²) >= 11 is 0. The fourth-order valence-corrected chi connectivity index (χ4v) is 3.26. The molecule has 1 aromatic heterocycles. The van der Waals surface area contributed by atoms with E-state index in [1.807, 2.05) is 0 Å². The van der Waals surface area contributed by atoms with E-state index in [9.17, 15) is 13.2 Å². The van der Waals surface area contributed by atoms with Crippen LogP contribution in [-0.2, 0) is 12.7 Å². The third kappa shape index (κ3) is 3.67. The lowest BCUT2D eigenvalue weighted by Crippen LogP contribution is -2.59. The lowest BCUT2D eigenvalue weighted by Gasteiger charge is -2.52. The van der Waals surface area contributed by atoms with E-state index in [1.54, 1.807) is 0 Å². The van der Waals surface area contributed by atoms with E-state index in [-0.39, 0.29) is 12.4 Å². The summed E-state index contributed by atoms with van der Waals surface area (Å²) in [5.74, 6) is 0. The molecule has 2 saturated heterocycles. The monoisotopic (exact) mass is 321 g/mol. The van der Waals surface area contributed by atoms with E-state index < -0.39 is 11.7 Å². The largest absolute Gasteiger partial charge is 0.416 e. The van der Waals surface area contributed by atoms with Crippen molar-refractivity contribution < 1.29 is 13.2 Å². The van der Waals surface area contributed by atoms with Gasteiger partial charge in [0.1, 0.15) is 0 Å². The van der Waals surface area contributed by atoms with Crippen molar-refractivity contribution in [2.75, 3.05) is 26.2 Å². The lowest BCUT2D eigenvalue weighted by atomic mass is 9.72. The number of nitrogens with one attached hydrogen (secondary N) is 1. The van der Waals surface area contributed by atoms with Crippen LogP contribution in [0.3, 0.4) is 0 Å². The molecule has 118 valence electrons. The average Bonchev–Trinajstić information content (AvgIpc) is 2.37. The third-order valence-electron chi connectivity index (χ3n) is 4.31. The first-order valence-corrected chi connectivity index (χ1v) is 6.92. The van der Waals surface area contributed by atoms with Crippen molar-refractivity contribution in [1.29, 1.82) is 0 Å². The van der Waals surface area contributed by atoms with Crippen molar-refractivity contribution in [1.82, 2.24) is 15.2 Å². The number of alkyl halides is 3. The fourth-order valence-electron chi connectivity index (χ4n) is 3.26. The predicted molar refractivity (Wildman–Crippen MR) is 76.3 cm³/mol. The quantitative estimate of drug-likeness (QED) is 0.908. The fraction of sp³-hybridized carbons (Fsp3) is 0.643. The van der Waals surface area contributed by atoms with E-state index in [0.717, 1.165) is 38.3 Å². The molecule has 0 bridgehead atoms. The van der Waals surface area contributed by atoms with Crippen LogP contribution in [0.15, 0.2) is 18.3 Å². The van der Waals surface area contributed by atoms with Gasteiger partial charge in [-0.3, -0.25) is 9.88 Å². The summed E-state index contributed by atoms with van der Waals surface area (Å²) in [6.07, 6.45) is -0.708. The summed E-state index contributed by atoms with van der Waals surface area (Å²) in [4.78, 5) is 6.24. The zero-order valence-corrected chi connectivity index (χ0v) is 12.4. The van der Waals surface area contributed by atoms with Gasteiger partial charge in [0.05, 0.1) is 11.3 Å². The van der Waals surface area contributed by atoms with Gasteiger partial charge >= 0.3 is 6.18 Å². The van der Waals surface area contributed by atoms with Crippen molar-refractivity contribution in [2.24, 2.45) is 5.41 Å². The van der Waals surface area contributed by atoms with Gasteiger partial charge in [0, 0.05) is 25.8 Å². The Kier molecular flexibility index (Phi) is 4.80. The van der Waals surface area contributed by atoms with Crippen molar-refractivity contribution in [3.63, 3.8) is 0 Å². The summed E-state index contributed by atoms with van der Waals surface area (Å²) in [5.41, 5.74) is 0.288. The van der Waals surface area contributed by atoms with E-state index >= 15 is 0 Å². The second kappa shape index (κ2) is 6.10. The van der Waals surface area contributed by atoms with Gasteiger partial charge in [-0.1, -0.05) is 0 Å². The van der Waals surface area contributed by atoms with E-state index in [2.05, 4.69) is 15.2 Å². The zero-order chi connectivity index (χ0) is 14.2. The molecule has 1 aromatic rings. The molecule has 1 N–H and O–H groups in total. The van der Waals surface area contributed by atoms with Crippen LogP contribution in [0.1, 0.15) is 24.1 Å². The Hall–Kier alpha value is -0.850. The Morgan fingerprint density at radius 3 is 2.52 bits per heavy atom. The molecule has 2 aliphatic heterocycles. The molecular formula is C14H19ClF3N3. The van der Waals surface area contributed by atoms with Crippen LogP contribution < -0.4 is 5.32 Å². The number of nitrogens with zero attached hydrogens (tertiary/aromatic N) is 2. The minimum atomic E-state index is -4.29.